The maximum absolute atomic E-state index is 15.6. The quantitative estimate of drug-likeness (QED) is 0.187. The molecular formula is C51H67N3O11. The van der Waals surface area contributed by atoms with Gasteiger partial charge in [0.1, 0.15) is 48.3 Å². The molecule has 14 nitrogen and oxygen atoms in total. The summed E-state index contributed by atoms with van der Waals surface area (Å²) >= 11 is 0. The number of benzene rings is 2. The van der Waals surface area contributed by atoms with Gasteiger partial charge in [-0.15, -0.1) is 0 Å². The number of hydroxylamine groups is 2. The molecule has 4 aliphatic heterocycles. The highest BCUT2D eigenvalue weighted by Crippen LogP contribution is 2.60. The lowest BCUT2D eigenvalue weighted by molar-refractivity contribution is -0.204. The van der Waals surface area contributed by atoms with Crippen LogP contribution in [0, 0.1) is 22.7 Å². The number of fused-ring (bicyclic) bond motifs is 6. The van der Waals surface area contributed by atoms with Gasteiger partial charge in [0.25, 0.3) is 0 Å². The highest BCUT2D eigenvalue weighted by atomic mass is 16.8. The van der Waals surface area contributed by atoms with Gasteiger partial charge >= 0.3 is 11.9 Å². The van der Waals surface area contributed by atoms with Crippen molar-refractivity contribution >= 4 is 29.8 Å². The maximum Gasteiger partial charge on any atom is 0.327 e. The normalized spacial score (nSPS) is 34.8. The molecule has 0 spiro atoms. The number of rotatable bonds is 13. The van der Waals surface area contributed by atoms with Crippen LogP contribution >= 0.6 is 0 Å². The van der Waals surface area contributed by atoms with E-state index in [1.807, 2.05) is 42.5 Å². The second-order valence-electron chi connectivity index (χ2n) is 21.6. The number of likely N-dealkylation sites (N-methyl/N-ethyl adjacent to an activating group) is 1. The third kappa shape index (κ3) is 8.91. The van der Waals surface area contributed by atoms with Crippen LogP contribution in [0.5, 0.6) is 0 Å². The predicted molar refractivity (Wildman–Crippen MR) is 238 cm³/mol. The molecule has 2 N–H and O–H groups in total. The number of carbonyl (C=O) groups is 4. The average Bonchev–Trinajstić information content (AvgIpc) is 3.53. The number of nitrogens with one attached hydrogen (secondary N) is 1. The van der Waals surface area contributed by atoms with Gasteiger partial charge in [-0.1, -0.05) is 80.1 Å². The molecule has 14 heteroatoms. The first kappa shape index (κ1) is 46.0. The van der Waals surface area contributed by atoms with Crippen molar-refractivity contribution in [2.24, 2.45) is 22.7 Å². The molecule has 2 amide bonds. The van der Waals surface area contributed by atoms with E-state index in [1.165, 1.54) is 16.9 Å². The van der Waals surface area contributed by atoms with Crippen molar-refractivity contribution in [2.75, 3.05) is 20.4 Å². The van der Waals surface area contributed by atoms with Gasteiger partial charge in [-0.05, 0) is 100 Å². The van der Waals surface area contributed by atoms with Crippen LogP contribution in [0.4, 0.5) is 0 Å². The first-order chi connectivity index (χ1) is 30.9. The SMILES string of the molecule is CN(C(=O)C12CC3OC(=O)C1N(Cc1cccc(C=C4CCC5OC5(C)CCC5C4CC5(C)C)c1)OC2C1OCOC31)C(Cc1ccccc1)C(=O)NC(CO)CCC(=O)OC(C)(C)C. The lowest BCUT2D eigenvalue weighted by Gasteiger charge is -2.53. The largest absolute Gasteiger partial charge is 0.460 e. The van der Waals surface area contributed by atoms with E-state index in [0.717, 1.165) is 42.4 Å². The van der Waals surface area contributed by atoms with Crippen LogP contribution in [0.25, 0.3) is 6.08 Å². The minimum atomic E-state index is -1.49. The Hall–Kier alpha value is -4.18. The summed E-state index contributed by atoms with van der Waals surface area (Å²) in [5.74, 6) is -0.869. The molecule has 0 aromatic heterocycles. The number of ether oxygens (including phenoxy) is 5. The lowest BCUT2D eigenvalue weighted by Crippen LogP contribution is -2.70. The summed E-state index contributed by atoms with van der Waals surface area (Å²) in [7, 11) is 1.58. The molecular weight excluding hydrogens is 831 g/mol. The standard InChI is InChI=1S/C51H67N3O11/c1-48(2,3)64-40(56)19-17-34(28-55)52-45(57)37(24-30-12-9-8-10-13-30)53(7)47(59)51-26-38-41-42(61-29-60-41)44(51)65-54(43(51)46(58)62-38)27-32-15-11-14-31(22-32)23-33-16-18-39-50(6,63-39)21-20-36-35(33)25-49(36,4)5/h8-15,22-23,34-39,41-44,55H,16-21,24-29H2,1-7H3,(H,52,57). The number of carbonyl (C=O) groups excluding carboxylic acids is 4. The molecule has 0 radical (unpaired) electrons. The van der Waals surface area contributed by atoms with Crippen LogP contribution in [0.15, 0.2) is 60.2 Å². The van der Waals surface area contributed by atoms with E-state index in [1.54, 1.807) is 32.9 Å². The topological polar surface area (TPSA) is 166 Å². The van der Waals surface area contributed by atoms with E-state index in [-0.39, 0.29) is 44.6 Å². The highest BCUT2D eigenvalue weighted by molar-refractivity contribution is 5.96. The number of hydrogen-bond acceptors (Lipinski definition) is 12. The van der Waals surface area contributed by atoms with Gasteiger partial charge in [-0.2, -0.15) is 5.06 Å². The van der Waals surface area contributed by atoms with E-state index in [0.29, 0.717) is 23.4 Å². The first-order valence-corrected chi connectivity index (χ1v) is 23.7. The Morgan fingerprint density at radius 3 is 2.51 bits per heavy atom. The Labute approximate surface area is 382 Å². The zero-order valence-electron chi connectivity index (χ0n) is 39.0. The maximum atomic E-state index is 15.6. The molecule has 2 aromatic carbocycles. The summed E-state index contributed by atoms with van der Waals surface area (Å²) in [6.45, 7) is 12.1. The van der Waals surface area contributed by atoms with Crippen LogP contribution < -0.4 is 5.32 Å². The van der Waals surface area contributed by atoms with Crippen molar-refractivity contribution in [3.05, 3.63) is 76.9 Å². The summed E-state index contributed by atoms with van der Waals surface area (Å²) in [4.78, 5) is 65.2. The third-order valence-electron chi connectivity index (χ3n) is 15.6. The van der Waals surface area contributed by atoms with E-state index < -0.39 is 83.9 Å². The molecule has 3 saturated carbocycles. The minimum Gasteiger partial charge on any atom is -0.460 e. The summed E-state index contributed by atoms with van der Waals surface area (Å²) in [6.07, 6.45) is 5.45. The molecule has 352 valence electrons. The van der Waals surface area contributed by atoms with Crippen LogP contribution in [0.2, 0.25) is 0 Å². The lowest BCUT2D eigenvalue weighted by atomic mass is 9.52. The van der Waals surface area contributed by atoms with Crippen molar-refractivity contribution in [1.82, 2.24) is 15.3 Å². The Morgan fingerprint density at radius 1 is 1.02 bits per heavy atom. The monoisotopic (exact) mass is 897 g/mol. The minimum absolute atomic E-state index is 0.00463. The summed E-state index contributed by atoms with van der Waals surface area (Å²) < 4.78 is 29.9. The molecule has 7 fully saturated rings. The second kappa shape index (κ2) is 17.5. The Balaban J connectivity index is 0.989. The second-order valence-corrected chi connectivity index (χ2v) is 21.6. The number of aliphatic hydroxyl groups excluding tert-OH is 1. The van der Waals surface area contributed by atoms with Crippen LogP contribution in [0.3, 0.4) is 0 Å². The molecule has 2 aromatic rings. The number of nitrogens with zero attached hydrogens (tertiary/aromatic N) is 2. The summed E-state index contributed by atoms with van der Waals surface area (Å²) in [5, 5.41) is 14.8. The summed E-state index contributed by atoms with van der Waals surface area (Å²) in [6, 6.07) is 14.6. The van der Waals surface area contributed by atoms with Crippen molar-refractivity contribution in [3.8, 4) is 0 Å². The van der Waals surface area contributed by atoms with Crippen LogP contribution in [-0.4, -0.2) is 119 Å². The molecule has 12 unspecified atom stereocenters. The Kier molecular flexibility index (Phi) is 12.4. The highest BCUT2D eigenvalue weighted by Gasteiger charge is 2.75. The van der Waals surface area contributed by atoms with Gasteiger partial charge < -0.3 is 39.0 Å². The van der Waals surface area contributed by atoms with E-state index in [4.69, 9.17) is 28.5 Å². The number of aliphatic hydroxyl groups is 1. The van der Waals surface area contributed by atoms with Gasteiger partial charge in [-0.25, -0.2) is 0 Å². The molecule has 7 aliphatic rings. The predicted octanol–water partition coefficient (Wildman–Crippen LogP) is 5.67. The van der Waals surface area contributed by atoms with Crippen LogP contribution in [0.1, 0.15) is 110 Å². The molecule has 65 heavy (non-hydrogen) atoms. The average molecular weight is 898 g/mol. The molecule has 4 heterocycles. The van der Waals surface area contributed by atoms with Crippen molar-refractivity contribution in [1.29, 1.82) is 0 Å². The van der Waals surface area contributed by atoms with Crippen molar-refractivity contribution in [3.63, 3.8) is 0 Å². The van der Waals surface area contributed by atoms with Gasteiger partial charge in [0.15, 0.2) is 6.04 Å². The van der Waals surface area contributed by atoms with Gasteiger partial charge in [0.05, 0.1) is 30.9 Å². The summed E-state index contributed by atoms with van der Waals surface area (Å²) in [5.41, 5.74) is 2.37. The molecule has 9 rings (SSSR count). The van der Waals surface area contributed by atoms with E-state index >= 15 is 4.79 Å². The smallest absolute Gasteiger partial charge is 0.327 e. The fourth-order valence-corrected chi connectivity index (χ4v) is 12.1. The zero-order chi connectivity index (χ0) is 46.1. The Morgan fingerprint density at radius 2 is 1.77 bits per heavy atom. The van der Waals surface area contributed by atoms with Gasteiger partial charge in [-0.3, -0.25) is 24.0 Å². The third-order valence-corrected chi connectivity index (χ3v) is 15.6. The fraction of sp³-hybridized carbons (Fsp3) is 0.647. The van der Waals surface area contributed by atoms with Gasteiger partial charge in [0.2, 0.25) is 11.8 Å². The number of esters is 2. The molecule has 2 bridgehead atoms. The number of epoxide rings is 1. The molecule has 12 atom stereocenters. The first-order valence-electron chi connectivity index (χ1n) is 23.7. The fourth-order valence-electron chi connectivity index (χ4n) is 12.1. The number of allylic oxidation sites excluding steroid dienone is 1. The van der Waals surface area contributed by atoms with E-state index in [2.05, 4.69) is 44.3 Å². The zero-order valence-corrected chi connectivity index (χ0v) is 39.0. The van der Waals surface area contributed by atoms with Crippen LogP contribution in [-0.2, 0) is 60.7 Å². The molecule has 3 aliphatic carbocycles. The molecule has 4 saturated heterocycles. The Bertz CT molecular complexity index is 2170. The van der Waals surface area contributed by atoms with E-state index in [9.17, 15) is 19.5 Å². The van der Waals surface area contributed by atoms with Crippen molar-refractivity contribution < 1.29 is 52.8 Å². The number of hydrogen-bond donors (Lipinski definition) is 2. The number of amides is 2. The van der Waals surface area contributed by atoms with Gasteiger partial charge in [0, 0.05) is 26.3 Å². The van der Waals surface area contributed by atoms with Crippen molar-refractivity contribution in [2.45, 2.75) is 166 Å².